The third kappa shape index (κ3) is 8.09. The van der Waals surface area contributed by atoms with Crippen LogP contribution in [0.5, 0.6) is 0 Å². The predicted molar refractivity (Wildman–Crippen MR) is 168 cm³/mol. The minimum atomic E-state index is -1.15. The van der Waals surface area contributed by atoms with Crippen LogP contribution in [0.15, 0.2) is 0 Å². The molecule has 1 spiro atoms. The summed E-state index contributed by atoms with van der Waals surface area (Å²) in [5.74, 6) is -0.794. The number of piperidine rings is 2. The number of fused-ring (bicyclic) bond motifs is 1. The van der Waals surface area contributed by atoms with Gasteiger partial charge in [0.05, 0.1) is 24.2 Å². The van der Waals surface area contributed by atoms with E-state index in [1.165, 1.54) is 12.8 Å². The molecule has 5 aliphatic rings. The molecule has 44 heavy (non-hydrogen) atoms. The van der Waals surface area contributed by atoms with E-state index in [1.54, 1.807) is 0 Å². The zero-order chi connectivity index (χ0) is 31.3. The molecular weight excluding hydrogens is 566 g/mol. The minimum absolute atomic E-state index is 0.00701. The van der Waals surface area contributed by atoms with Gasteiger partial charge < -0.3 is 31.9 Å². The standard InChI is InChI=1S/C32H58F2N8O2/c1-41(2)16-13-37-30(43)21-9-14-42(15-10-21)28-23(34)19-36-20-25(28)39-31(44)27-24-17-32(11-5-3-4-6-12-32)26(40-29(27)35)8-7-22(33)18-38-24/h21-29,36,38,40H,3-20,35H2,1-2H3,(H,37,43)(H,39,44). The predicted octanol–water partition coefficient (Wildman–Crippen LogP) is 0.865. The molecule has 4 saturated heterocycles. The van der Waals surface area contributed by atoms with E-state index in [1.807, 2.05) is 19.0 Å². The van der Waals surface area contributed by atoms with Gasteiger partial charge in [-0.15, -0.1) is 0 Å². The number of halogens is 2. The Morgan fingerprint density at radius 1 is 0.977 bits per heavy atom. The molecule has 4 aliphatic heterocycles. The van der Waals surface area contributed by atoms with Crippen molar-refractivity contribution in [2.75, 3.05) is 59.9 Å². The van der Waals surface area contributed by atoms with Crippen molar-refractivity contribution >= 4 is 11.8 Å². The van der Waals surface area contributed by atoms with Crippen LogP contribution in [0.25, 0.3) is 0 Å². The van der Waals surface area contributed by atoms with Gasteiger partial charge in [0.15, 0.2) is 0 Å². The highest BCUT2D eigenvalue weighted by Gasteiger charge is 2.50. The monoisotopic (exact) mass is 624 g/mol. The largest absolute Gasteiger partial charge is 0.355 e. The van der Waals surface area contributed by atoms with Crippen LogP contribution in [0.2, 0.25) is 0 Å². The minimum Gasteiger partial charge on any atom is -0.355 e. The number of rotatable bonds is 7. The normalized spacial score (nSPS) is 37.4. The van der Waals surface area contributed by atoms with Gasteiger partial charge in [-0.2, -0.15) is 0 Å². The number of likely N-dealkylation sites (tertiary alicyclic amines) is 1. The van der Waals surface area contributed by atoms with Crippen LogP contribution in [0.1, 0.15) is 70.6 Å². The summed E-state index contributed by atoms with van der Waals surface area (Å²) in [7, 11) is 3.95. The lowest BCUT2D eigenvalue weighted by Crippen LogP contribution is -2.68. The van der Waals surface area contributed by atoms with Crippen molar-refractivity contribution in [3.05, 3.63) is 0 Å². The Bertz CT molecular complexity index is 943. The third-order valence-corrected chi connectivity index (χ3v) is 11.3. The van der Waals surface area contributed by atoms with Crippen molar-refractivity contribution in [3.63, 3.8) is 0 Å². The highest BCUT2D eigenvalue weighted by Crippen LogP contribution is 2.47. The van der Waals surface area contributed by atoms with Crippen LogP contribution in [0.3, 0.4) is 0 Å². The van der Waals surface area contributed by atoms with Gasteiger partial charge in [0, 0.05) is 50.7 Å². The van der Waals surface area contributed by atoms with Crippen molar-refractivity contribution in [1.82, 2.24) is 36.4 Å². The summed E-state index contributed by atoms with van der Waals surface area (Å²) >= 11 is 0. The average Bonchev–Trinajstić information content (AvgIpc) is 3.27. The van der Waals surface area contributed by atoms with Crippen molar-refractivity contribution in [2.45, 2.75) is 113 Å². The Morgan fingerprint density at radius 2 is 1.70 bits per heavy atom. The third-order valence-electron chi connectivity index (χ3n) is 11.3. The Labute approximate surface area is 262 Å². The van der Waals surface area contributed by atoms with Crippen molar-refractivity contribution in [1.29, 1.82) is 0 Å². The van der Waals surface area contributed by atoms with Gasteiger partial charge in [-0.05, 0) is 77.5 Å². The number of carbonyl (C=O) groups is 2. The van der Waals surface area contributed by atoms with Crippen LogP contribution in [0.4, 0.5) is 8.78 Å². The van der Waals surface area contributed by atoms with Gasteiger partial charge in [-0.3, -0.25) is 19.8 Å². The summed E-state index contributed by atoms with van der Waals surface area (Å²) in [6, 6.07) is -1.09. The van der Waals surface area contributed by atoms with Crippen LogP contribution in [0, 0.1) is 17.3 Å². The molecule has 1 aliphatic carbocycles. The maximum absolute atomic E-state index is 15.6. The molecule has 10 nitrogen and oxygen atoms in total. The lowest BCUT2D eigenvalue weighted by molar-refractivity contribution is -0.129. The Hall–Kier alpha value is -1.44. The maximum atomic E-state index is 15.6. The Kier molecular flexibility index (Phi) is 11.9. The maximum Gasteiger partial charge on any atom is 0.227 e. The highest BCUT2D eigenvalue weighted by atomic mass is 19.1. The summed E-state index contributed by atoms with van der Waals surface area (Å²) < 4.78 is 30.5. The molecule has 8 unspecified atom stereocenters. The number of hydrogen-bond acceptors (Lipinski definition) is 8. The first-order valence-electron chi connectivity index (χ1n) is 17.4. The molecule has 5 fully saturated rings. The van der Waals surface area contributed by atoms with Crippen LogP contribution < -0.4 is 32.3 Å². The van der Waals surface area contributed by atoms with Crippen molar-refractivity contribution in [3.8, 4) is 0 Å². The van der Waals surface area contributed by atoms with Gasteiger partial charge in [-0.25, -0.2) is 8.78 Å². The molecule has 0 radical (unpaired) electrons. The van der Waals surface area contributed by atoms with E-state index < -0.39 is 36.5 Å². The van der Waals surface area contributed by atoms with Gasteiger partial charge in [-0.1, -0.05) is 25.7 Å². The molecule has 252 valence electrons. The van der Waals surface area contributed by atoms with E-state index in [0.29, 0.717) is 45.4 Å². The Balaban J connectivity index is 1.26. The Morgan fingerprint density at radius 3 is 2.41 bits per heavy atom. The van der Waals surface area contributed by atoms with Crippen molar-refractivity contribution in [2.24, 2.45) is 23.0 Å². The molecule has 0 aromatic heterocycles. The van der Waals surface area contributed by atoms with Crippen molar-refractivity contribution < 1.29 is 18.4 Å². The van der Waals surface area contributed by atoms with Crippen LogP contribution in [-0.4, -0.2) is 124 Å². The summed E-state index contributed by atoms with van der Waals surface area (Å²) in [5.41, 5.74) is 6.81. The first kappa shape index (κ1) is 33.9. The quantitative estimate of drug-likeness (QED) is 0.247. The summed E-state index contributed by atoms with van der Waals surface area (Å²) in [6.45, 7) is 3.55. The molecule has 5 rings (SSSR count). The van der Waals surface area contributed by atoms with E-state index >= 15 is 4.39 Å². The fraction of sp³-hybridized carbons (Fsp3) is 0.938. The molecule has 0 aromatic rings. The first-order valence-corrected chi connectivity index (χ1v) is 17.4. The van der Waals surface area contributed by atoms with E-state index in [4.69, 9.17) is 5.73 Å². The van der Waals surface area contributed by atoms with E-state index in [0.717, 1.165) is 45.1 Å². The molecule has 0 aromatic carbocycles. The van der Waals surface area contributed by atoms with Gasteiger partial charge >= 0.3 is 0 Å². The smallest absolute Gasteiger partial charge is 0.227 e. The van der Waals surface area contributed by atoms with E-state index in [2.05, 4.69) is 31.5 Å². The average molecular weight is 625 g/mol. The zero-order valence-corrected chi connectivity index (χ0v) is 27.0. The highest BCUT2D eigenvalue weighted by molar-refractivity contribution is 5.81. The number of amides is 2. The molecule has 2 amide bonds. The molecule has 7 N–H and O–H groups in total. The van der Waals surface area contributed by atoms with Crippen LogP contribution >= 0.6 is 0 Å². The number of nitrogens with two attached hydrogens (primary N) is 1. The molecule has 8 atom stereocenters. The summed E-state index contributed by atoms with van der Waals surface area (Å²) in [4.78, 5) is 31.1. The topological polar surface area (TPSA) is 127 Å². The number of alkyl halides is 2. The van der Waals surface area contributed by atoms with Gasteiger partial charge in [0.25, 0.3) is 0 Å². The second-order valence-electron chi connectivity index (χ2n) is 14.6. The lowest BCUT2D eigenvalue weighted by atomic mass is 9.68. The molecule has 4 heterocycles. The fourth-order valence-electron chi connectivity index (χ4n) is 8.89. The number of nitrogens with zero attached hydrogens (tertiary/aromatic N) is 2. The number of carbonyl (C=O) groups excluding carboxylic acids is 2. The summed E-state index contributed by atoms with van der Waals surface area (Å²) in [5, 5.41) is 16.5. The number of hydrogen-bond donors (Lipinski definition) is 6. The molecule has 1 saturated carbocycles. The first-order chi connectivity index (χ1) is 21.2. The molecular formula is C32H58F2N8O2. The number of likely N-dealkylation sites (N-methyl/N-ethyl adjacent to an activating group) is 1. The number of nitrogens with one attached hydrogen (secondary N) is 5. The summed E-state index contributed by atoms with van der Waals surface area (Å²) in [6.07, 6.45) is 7.54. The SMILES string of the molecule is CN(C)CCNC(=O)C1CCN(C2C(F)CNCC2NC(=O)C2C(N)NC3CCC(F)CNC2CC32CCCCCC2)CC1. The second kappa shape index (κ2) is 15.4. The molecule has 12 heteroatoms. The van der Waals surface area contributed by atoms with E-state index in [9.17, 15) is 14.0 Å². The van der Waals surface area contributed by atoms with Crippen LogP contribution in [-0.2, 0) is 9.59 Å². The van der Waals surface area contributed by atoms with Gasteiger partial charge in [0.1, 0.15) is 12.3 Å². The lowest BCUT2D eigenvalue weighted by Gasteiger charge is -2.45. The molecule has 2 bridgehead atoms. The van der Waals surface area contributed by atoms with E-state index in [-0.39, 0.29) is 48.3 Å². The second-order valence-corrected chi connectivity index (χ2v) is 14.6. The van der Waals surface area contributed by atoms with Gasteiger partial charge in [0.2, 0.25) is 11.8 Å². The fourth-order valence-corrected chi connectivity index (χ4v) is 8.89. The zero-order valence-electron chi connectivity index (χ0n) is 27.0.